The average molecular weight is 334 g/mol. The molecule has 0 aliphatic rings. The molecule has 24 heavy (non-hydrogen) atoms. The number of rotatable bonds is 8. The Morgan fingerprint density at radius 3 is 1.46 bits per heavy atom. The van der Waals surface area contributed by atoms with Crippen LogP contribution in [0.4, 0.5) is 13.6 Å². The Kier molecular flexibility index (Phi) is 7.21. The van der Waals surface area contributed by atoms with Gasteiger partial charge in [0.05, 0.1) is 13.2 Å². The minimum Gasteiger partial charge on any atom is -0.434 e. The third kappa shape index (κ3) is 6.77. The van der Waals surface area contributed by atoms with Gasteiger partial charge in [0.15, 0.2) is 0 Å². The first kappa shape index (κ1) is 17.9. The van der Waals surface area contributed by atoms with Crippen molar-refractivity contribution in [2.45, 2.75) is 25.7 Å². The van der Waals surface area contributed by atoms with Crippen molar-refractivity contribution in [2.75, 3.05) is 13.2 Å². The Hall–Kier alpha value is -2.43. The van der Waals surface area contributed by atoms with Crippen molar-refractivity contribution in [2.24, 2.45) is 0 Å². The summed E-state index contributed by atoms with van der Waals surface area (Å²) in [5, 5.41) is 0. The lowest BCUT2D eigenvalue weighted by atomic mass is 10.1. The van der Waals surface area contributed by atoms with E-state index >= 15 is 0 Å². The van der Waals surface area contributed by atoms with Gasteiger partial charge in [0.2, 0.25) is 0 Å². The third-order valence-electron chi connectivity index (χ3n) is 3.49. The van der Waals surface area contributed by atoms with E-state index in [1.54, 1.807) is 24.3 Å². The zero-order chi connectivity index (χ0) is 17.2. The Morgan fingerprint density at radius 1 is 0.708 bits per heavy atom. The highest BCUT2D eigenvalue weighted by Gasteiger charge is 2.04. The Bertz CT molecular complexity index is 569. The van der Waals surface area contributed by atoms with E-state index in [0.717, 1.165) is 11.1 Å². The first-order chi connectivity index (χ1) is 11.6. The van der Waals surface area contributed by atoms with Gasteiger partial charge in [-0.1, -0.05) is 24.3 Å². The molecule has 5 heteroatoms. The molecule has 2 aromatic carbocycles. The van der Waals surface area contributed by atoms with Crippen molar-refractivity contribution < 1.29 is 23.0 Å². The maximum atomic E-state index is 12.8. The van der Waals surface area contributed by atoms with E-state index in [4.69, 9.17) is 9.47 Å². The van der Waals surface area contributed by atoms with Gasteiger partial charge in [-0.05, 0) is 61.1 Å². The molecule has 0 saturated carbocycles. The summed E-state index contributed by atoms with van der Waals surface area (Å²) >= 11 is 0. The molecule has 0 bridgehead atoms. The quantitative estimate of drug-likeness (QED) is 0.519. The smallest absolute Gasteiger partial charge is 0.434 e. The summed E-state index contributed by atoms with van der Waals surface area (Å²) in [6.07, 6.45) is 2.02. The maximum absolute atomic E-state index is 12.8. The molecule has 0 aliphatic carbocycles. The highest BCUT2D eigenvalue weighted by Crippen LogP contribution is 2.07. The van der Waals surface area contributed by atoms with Crippen LogP contribution in [-0.2, 0) is 22.3 Å². The molecule has 3 nitrogen and oxygen atoms in total. The molecular formula is C19H20F2O3. The van der Waals surface area contributed by atoms with Crippen molar-refractivity contribution in [1.82, 2.24) is 0 Å². The van der Waals surface area contributed by atoms with E-state index in [0.29, 0.717) is 25.7 Å². The molecule has 0 radical (unpaired) electrons. The summed E-state index contributed by atoms with van der Waals surface area (Å²) in [4.78, 5) is 11.4. The summed E-state index contributed by atoms with van der Waals surface area (Å²) in [7, 11) is 0. The van der Waals surface area contributed by atoms with Crippen LogP contribution in [0.2, 0.25) is 0 Å². The summed E-state index contributed by atoms with van der Waals surface area (Å²) in [6, 6.07) is 12.5. The van der Waals surface area contributed by atoms with Gasteiger partial charge in [-0.3, -0.25) is 0 Å². The Balaban J connectivity index is 1.52. The molecule has 2 rings (SSSR count). The normalized spacial score (nSPS) is 10.4. The highest BCUT2D eigenvalue weighted by molar-refractivity contribution is 5.59. The second-order valence-electron chi connectivity index (χ2n) is 5.41. The topological polar surface area (TPSA) is 35.5 Å². The van der Waals surface area contributed by atoms with Crippen molar-refractivity contribution in [3.63, 3.8) is 0 Å². The van der Waals surface area contributed by atoms with Crippen molar-refractivity contribution in [3.05, 3.63) is 71.3 Å². The standard InChI is InChI=1S/C19H20F2O3/c20-17-9-5-15(6-10-17)3-1-13-23-19(22)24-14-2-4-16-7-11-18(21)12-8-16/h5-12H,1-4,13-14H2. The molecule has 0 N–H and O–H groups in total. The minimum absolute atomic E-state index is 0.258. The third-order valence-corrected chi connectivity index (χ3v) is 3.49. The van der Waals surface area contributed by atoms with Gasteiger partial charge >= 0.3 is 6.16 Å². The molecule has 0 aromatic heterocycles. The molecule has 0 aliphatic heterocycles. The average Bonchev–Trinajstić information content (AvgIpc) is 2.59. The lowest BCUT2D eigenvalue weighted by Gasteiger charge is -2.06. The first-order valence-electron chi connectivity index (χ1n) is 7.92. The van der Waals surface area contributed by atoms with Crippen molar-refractivity contribution in [1.29, 1.82) is 0 Å². The fraction of sp³-hybridized carbons (Fsp3) is 0.316. The first-order valence-corrected chi connectivity index (χ1v) is 7.92. The SMILES string of the molecule is O=C(OCCCc1ccc(F)cc1)OCCCc1ccc(F)cc1. The fourth-order valence-electron chi connectivity index (χ4n) is 2.21. The van der Waals surface area contributed by atoms with Crippen LogP contribution in [0.25, 0.3) is 0 Å². The highest BCUT2D eigenvalue weighted by atomic mass is 19.1. The molecule has 0 heterocycles. The molecule has 128 valence electrons. The van der Waals surface area contributed by atoms with Crippen LogP contribution in [0.3, 0.4) is 0 Å². The Labute approximate surface area is 140 Å². The molecule has 0 spiro atoms. The zero-order valence-corrected chi connectivity index (χ0v) is 13.3. The summed E-state index contributed by atoms with van der Waals surface area (Å²) in [5.41, 5.74) is 1.99. The van der Waals surface area contributed by atoms with E-state index in [9.17, 15) is 13.6 Å². The summed E-state index contributed by atoms with van der Waals surface area (Å²) in [5.74, 6) is -0.529. The van der Waals surface area contributed by atoms with Gasteiger partial charge in [0, 0.05) is 0 Å². The number of hydrogen-bond acceptors (Lipinski definition) is 3. The monoisotopic (exact) mass is 334 g/mol. The number of ether oxygens (including phenoxy) is 2. The van der Waals surface area contributed by atoms with Crippen LogP contribution >= 0.6 is 0 Å². The van der Waals surface area contributed by atoms with Crippen molar-refractivity contribution >= 4 is 6.16 Å². The van der Waals surface area contributed by atoms with Gasteiger partial charge in [0.1, 0.15) is 11.6 Å². The van der Waals surface area contributed by atoms with Gasteiger partial charge in [-0.15, -0.1) is 0 Å². The number of halogens is 2. The van der Waals surface area contributed by atoms with Crippen LogP contribution in [0.5, 0.6) is 0 Å². The molecule has 2 aromatic rings. The van der Waals surface area contributed by atoms with Crippen LogP contribution < -0.4 is 0 Å². The maximum Gasteiger partial charge on any atom is 0.508 e. The summed E-state index contributed by atoms with van der Waals surface area (Å²) in [6.45, 7) is 0.516. The van der Waals surface area contributed by atoms with Gasteiger partial charge in [0.25, 0.3) is 0 Å². The van der Waals surface area contributed by atoms with Crippen LogP contribution in [0.1, 0.15) is 24.0 Å². The van der Waals surface area contributed by atoms with Crippen molar-refractivity contribution in [3.8, 4) is 0 Å². The number of aryl methyl sites for hydroxylation is 2. The van der Waals surface area contributed by atoms with E-state index in [-0.39, 0.29) is 24.8 Å². The van der Waals surface area contributed by atoms with E-state index < -0.39 is 6.16 Å². The van der Waals surface area contributed by atoms with E-state index in [1.807, 2.05) is 0 Å². The van der Waals surface area contributed by atoms with Gasteiger partial charge in [-0.25, -0.2) is 13.6 Å². The predicted molar refractivity (Wildman–Crippen MR) is 86.7 cm³/mol. The number of hydrogen-bond donors (Lipinski definition) is 0. The molecule has 0 saturated heterocycles. The largest absolute Gasteiger partial charge is 0.508 e. The van der Waals surface area contributed by atoms with Crippen LogP contribution in [0, 0.1) is 11.6 Å². The molecular weight excluding hydrogens is 314 g/mol. The second kappa shape index (κ2) is 9.65. The van der Waals surface area contributed by atoms with E-state index in [1.165, 1.54) is 24.3 Å². The number of benzene rings is 2. The Morgan fingerprint density at radius 2 is 1.08 bits per heavy atom. The van der Waals surface area contributed by atoms with Gasteiger partial charge in [-0.2, -0.15) is 0 Å². The fourth-order valence-corrected chi connectivity index (χ4v) is 2.21. The predicted octanol–water partition coefficient (Wildman–Crippen LogP) is 4.68. The lowest BCUT2D eigenvalue weighted by Crippen LogP contribution is -2.10. The molecule has 0 atom stereocenters. The van der Waals surface area contributed by atoms with Crippen LogP contribution in [0.15, 0.2) is 48.5 Å². The number of carbonyl (C=O) groups is 1. The minimum atomic E-state index is -0.687. The van der Waals surface area contributed by atoms with E-state index in [2.05, 4.69) is 0 Å². The number of carbonyl (C=O) groups excluding carboxylic acids is 1. The lowest BCUT2D eigenvalue weighted by molar-refractivity contribution is 0.0539. The second-order valence-corrected chi connectivity index (χ2v) is 5.41. The summed E-state index contributed by atoms with van der Waals surface area (Å²) < 4.78 is 35.4. The van der Waals surface area contributed by atoms with Crippen LogP contribution in [-0.4, -0.2) is 19.4 Å². The van der Waals surface area contributed by atoms with Gasteiger partial charge < -0.3 is 9.47 Å². The zero-order valence-electron chi connectivity index (χ0n) is 13.3. The molecule has 0 amide bonds. The molecule has 0 fully saturated rings. The molecule has 0 unspecified atom stereocenters.